The molecule has 0 fully saturated rings. The fourth-order valence-electron chi connectivity index (χ4n) is 4.48. The first-order chi connectivity index (χ1) is 17.3. The molecule has 5 heterocycles. The number of hydrogen-bond donors (Lipinski definition) is 0. The van der Waals surface area contributed by atoms with Crippen LogP contribution in [0, 0.1) is 0 Å². The molecule has 0 radical (unpaired) electrons. The average Bonchev–Trinajstić information content (AvgIpc) is 3.63. The van der Waals surface area contributed by atoms with Crippen molar-refractivity contribution in [2.45, 2.75) is 0 Å². The van der Waals surface area contributed by atoms with Gasteiger partial charge in [-0.2, -0.15) is 8.75 Å². The van der Waals surface area contributed by atoms with Crippen molar-refractivity contribution < 1.29 is 0 Å². The number of rotatable bonds is 0. The summed E-state index contributed by atoms with van der Waals surface area (Å²) in [4.78, 5) is 0. The Morgan fingerprint density at radius 2 is 0.914 bits per heavy atom. The Balaban J connectivity index is 1.50. The van der Waals surface area contributed by atoms with E-state index in [0.29, 0.717) is 0 Å². The van der Waals surface area contributed by atoms with Crippen molar-refractivity contribution in [2.75, 3.05) is 23.0 Å². The molecule has 0 bridgehead atoms. The van der Waals surface area contributed by atoms with Crippen LogP contribution in [-0.4, -0.2) is 31.8 Å². The van der Waals surface area contributed by atoms with Gasteiger partial charge >= 0.3 is 0 Å². The van der Waals surface area contributed by atoms with Gasteiger partial charge in [-0.3, -0.25) is 0 Å². The van der Waals surface area contributed by atoms with Crippen LogP contribution in [-0.2, 0) is 0 Å². The molecule has 0 amide bonds. The van der Waals surface area contributed by atoms with Crippen LogP contribution in [0.1, 0.15) is 0 Å². The lowest BCUT2D eigenvalue weighted by atomic mass is 10.00. The number of aromatic nitrogens is 2. The fraction of sp³-hybridized carbons (Fsp3) is 0.167. The highest BCUT2D eigenvalue weighted by Gasteiger charge is 2.29. The SMILES string of the molecule is c1ccc2cc3c(=C4SC5=C(SCCS5)S4)c4nsnc4c(=C4SC5=C(SCCS5)S4)c3cc2c1. The van der Waals surface area contributed by atoms with Gasteiger partial charge in [0, 0.05) is 33.4 Å². The van der Waals surface area contributed by atoms with Crippen LogP contribution < -0.4 is 10.4 Å². The zero-order valence-electron chi connectivity index (χ0n) is 17.9. The van der Waals surface area contributed by atoms with E-state index in [9.17, 15) is 0 Å². The van der Waals surface area contributed by atoms with Crippen LogP contribution in [0.4, 0.5) is 0 Å². The smallest absolute Gasteiger partial charge is 0.115 e. The van der Waals surface area contributed by atoms with E-state index in [2.05, 4.69) is 36.4 Å². The molecular weight excluding hydrogens is 605 g/mol. The third-order valence-corrected chi connectivity index (χ3v) is 18.1. The summed E-state index contributed by atoms with van der Waals surface area (Å²) in [7, 11) is 0. The van der Waals surface area contributed by atoms with Gasteiger partial charge in [-0.15, -0.1) is 47.0 Å². The van der Waals surface area contributed by atoms with E-state index in [4.69, 9.17) is 8.75 Å². The first-order valence-corrected chi connectivity index (χ1v) is 18.8. The minimum atomic E-state index is 1.07. The van der Waals surface area contributed by atoms with E-state index in [-0.39, 0.29) is 0 Å². The van der Waals surface area contributed by atoms with Crippen LogP contribution in [0.25, 0.3) is 41.1 Å². The minimum absolute atomic E-state index is 1.07. The molecule has 0 atom stereocenters. The van der Waals surface area contributed by atoms with Crippen LogP contribution in [0.15, 0.2) is 53.3 Å². The molecule has 0 spiro atoms. The van der Waals surface area contributed by atoms with E-state index in [1.807, 2.05) is 94.1 Å². The van der Waals surface area contributed by atoms with Gasteiger partial charge in [0.05, 0.1) is 37.2 Å². The van der Waals surface area contributed by atoms with Crippen LogP contribution in [0.2, 0.25) is 0 Å². The highest BCUT2D eigenvalue weighted by Crippen LogP contribution is 2.61. The summed E-state index contributed by atoms with van der Waals surface area (Å²) in [6, 6.07) is 13.5. The summed E-state index contributed by atoms with van der Waals surface area (Å²) < 4.78 is 18.5. The van der Waals surface area contributed by atoms with Crippen LogP contribution >= 0.6 is 106 Å². The van der Waals surface area contributed by atoms with Gasteiger partial charge in [-0.1, -0.05) is 71.3 Å². The number of benzene rings is 3. The van der Waals surface area contributed by atoms with Gasteiger partial charge in [0.1, 0.15) is 11.0 Å². The first kappa shape index (κ1) is 23.0. The van der Waals surface area contributed by atoms with E-state index < -0.39 is 0 Å². The molecule has 4 aliphatic rings. The second kappa shape index (κ2) is 9.34. The van der Waals surface area contributed by atoms with E-state index >= 15 is 0 Å². The summed E-state index contributed by atoms with van der Waals surface area (Å²) in [5.74, 6) is 4.79. The Labute approximate surface area is 240 Å². The van der Waals surface area contributed by atoms with Crippen molar-refractivity contribution >= 4 is 147 Å². The molecular formula is C24H14N2S9. The molecule has 4 aromatic rings. The molecule has 3 aromatic carbocycles. The molecule has 11 heteroatoms. The summed E-state index contributed by atoms with van der Waals surface area (Å²) in [6.07, 6.45) is 0. The molecule has 2 nitrogen and oxygen atoms in total. The molecule has 4 aliphatic heterocycles. The summed E-state index contributed by atoms with van der Waals surface area (Å²) in [6.45, 7) is 0. The lowest BCUT2D eigenvalue weighted by Gasteiger charge is -2.09. The topological polar surface area (TPSA) is 25.8 Å². The fourth-order valence-corrected chi connectivity index (χ4v) is 17.2. The Hall–Kier alpha value is 0.0200. The van der Waals surface area contributed by atoms with Gasteiger partial charge < -0.3 is 0 Å². The van der Waals surface area contributed by atoms with Crippen molar-refractivity contribution in [1.29, 1.82) is 0 Å². The molecule has 8 rings (SSSR count). The zero-order chi connectivity index (χ0) is 22.9. The largest absolute Gasteiger partial charge is 0.172 e. The number of hydrogen-bond acceptors (Lipinski definition) is 11. The van der Waals surface area contributed by atoms with Crippen molar-refractivity contribution in [2.24, 2.45) is 0 Å². The average molecular weight is 619 g/mol. The highest BCUT2D eigenvalue weighted by atomic mass is 32.3. The summed E-state index contributed by atoms with van der Waals surface area (Å²) in [5.41, 5.74) is 2.13. The van der Waals surface area contributed by atoms with Crippen molar-refractivity contribution in [1.82, 2.24) is 8.75 Å². The molecule has 174 valence electrons. The lowest BCUT2D eigenvalue weighted by Crippen LogP contribution is -2.17. The van der Waals surface area contributed by atoms with Crippen LogP contribution in [0.5, 0.6) is 0 Å². The van der Waals surface area contributed by atoms with Crippen molar-refractivity contribution in [3.8, 4) is 0 Å². The molecule has 0 N–H and O–H groups in total. The molecule has 0 saturated carbocycles. The highest BCUT2D eigenvalue weighted by molar-refractivity contribution is 8.47. The molecule has 0 aliphatic carbocycles. The zero-order valence-corrected chi connectivity index (χ0v) is 25.2. The molecule has 0 unspecified atom stereocenters. The lowest BCUT2D eigenvalue weighted by molar-refractivity contribution is 1.56. The predicted molar refractivity (Wildman–Crippen MR) is 173 cm³/mol. The summed E-state index contributed by atoms with van der Waals surface area (Å²) in [5, 5.41) is 7.73. The van der Waals surface area contributed by atoms with Gasteiger partial charge in [-0.25, -0.2) is 0 Å². The van der Waals surface area contributed by atoms with Gasteiger partial charge in [0.25, 0.3) is 0 Å². The predicted octanol–water partition coefficient (Wildman–Crippen LogP) is 8.30. The standard InChI is InChI=1S/C24H14N2S9/c1-2-4-12-10-14-13(9-11(12)3-1)15(19-31-21-22(32-19)28-6-5-27-21)17-18(26-35-25-17)16(14)20-33-23-24(34-20)30-8-7-29-23/h1-4,9-10H,5-8H2. The van der Waals surface area contributed by atoms with E-state index in [1.54, 1.807) is 0 Å². The van der Waals surface area contributed by atoms with E-state index in [0.717, 1.165) is 11.0 Å². The third kappa shape index (κ3) is 3.86. The number of thioether (sulfide) groups is 8. The van der Waals surface area contributed by atoms with Gasteiger partial charge in [-0.05, 0) is 33.7 Å². The monoisotopic (exact) mass is 618 g/mol. The maximum absolute atomic E-state index is 4.93. The maximum Gasteiger partial charge on any atom is 0.115 e. The molecule has 1 aromatic heterocycles. The minimum Gasteiger partial charge on any atom is -0.172 e. The maximum atomic E-state index is 4.93. The normalized spacial score (nSPS) is 20.6. The van der Waals surface area contributed by atoms with Gasteiger partial charge in [0.2, 0.25) is 0 Å². The number of fused-ring (bicyclic) bond motifs is 3. The van der Waals surface area contributed by atoms with Gasteiger partial charge in [0.15, 0.2) is 0 Å². The van der Waals surface area contributed by atoms with Crippen molar-refractivity contribution in [3.63, 3.8) is 0 Å². The Morgan fingerprint density at radius 3 is 1.31 bits per heavy atom. The molecule has 0 saturated heterocycles. The molecule has 35 heavy (non-hydrogen) atoms. The van der Waals surface area contributed by atoms with E-state index in [1.165, 1.54) is 92.1 Å². The number of nitrogens with zero attached hydrogens (tertiary/aromatic N) is 2. The Morgan fingerprint density at radius 1 is 0.514 bits per heavy atom. The van der Waals surface area contributed by atoms with Crippen LogP contribution in [0.3, 0.4) is 0 Å². The Bertz CT molecular complexity index is 1600. The Kier molecular flexibility index (Phi) is 6.13. The van der Waals surface area contributed by atoms with Crippen molar-refractivity contribution in [3.05, 3.63) is 63.8 Å². The first-order valence-electron chi connectivity index (χ1n) is 10.9. The second-order valence-electron chi connectivity index (χ2n) is 7.98. The second-order valence-corrected chi connectivity index (χ2v) is 18.6. The summed E-state index contributed by atoms with van der Waals surface area (Å²) >= 11 is 17.2. The third-order valence-electron chi connectivity index (χ3n) is 5.97. The quantitative estimate of drug-likeness (QED) is 0.179.